The first-order valence-electron chi connectivity index (χ1n) is 11.0. The molecule has 0 radical (unpaired) electrons. The molecular formula is C28H20N6O. The standard InChI is InChI=1S/C28H20N6O/c1-29-22-6-8-25-24(17-22)26(12-15-31-25)33-23-7-9-27(32-18-23)28(35)34-21-4-2-19(3-5-21)16-20-10-13-30-14-11-20/h2-15,17-18H,16H2,(H,31,33)(H,34,35). The summed E-state index contributed by atoms with van der Waals surface area (Å²) in [6.07, 6.45) is 7.68. The maximum Gasteiger partial charge on any atom is 0.274 e. The van der Waals surface area contributed by atoms with Crippen LogP contribution in [0, 0.1) is 6.57 Å². The van der Waals surface area contributed by atoms with Gasteiger partial charge in [0, 0.05) is 35.4 Å². The molecule has 5 rings (SSSR count). The number of hydrogen-bond donors (Lipinski definition) is 2. The third-order valence-corrected chi connectivity index (χ3v) is 5.50. The molecule has 7 heteroatoms. The number of carbonyl (C=O) groups is 1. The molecule has 0 bridgehead atoms. The molecule has 0 aliphatic carbocycles. The molecule has 35 heavy (non-hydrogen) atoms. The van der Waals surface area contributed by atoms with Gasteiger partial charge in [-0.3, -0.25) is 14.8 Å². The Labute approximate surface area is 202 Å². The average Bonchev–Trinajstić information content (AvgIpc) is 2.91. The molecule has 0 fully saturated rings. The van der Waals surface area contributed by atoms with E-state index in [9.17, 15) is 4.79 Å². The van der Waals surface area contributed by atoms with Crippen LogP contribution < -0.4 is 10.6 Å². The van der Waals surface area contributed by atoms with E-state index in [2.05, 4.69) is 30.4 Å². The fourth-order valence-electron chi connectivity index (χ4n) is 3.71. The number of anilines is 3. The molecule has 0 unspecified atom stereocenters. The minimum Gasteiger partial charge on any atom is -0.354 e. The van der Waals surface area contributed by atoms with Crippen molar-refractivity contribution in [3.8, 4) is 0 Å². The van der Waals surface area contributed by atoms with Gasteiger partial charge >= 0.3 is 0 Å². The molecule has 0 saturated heterocycles. The highest BCUT2D eigenvalue weighted by atomic mass is 16.1. The minimum absolute atomic E-state index is 0.283. The Morgan fingerprint density at radius 1 is 0.829 bits per heavy atom. The zero-order valence-corrected chi connectivity index (χ0v) is 18.6. The summed E-state index contributed by atoms with van der Waals surface area (Å²) < 4.78 is 0. The van der Waals surface area contributed by atoms with Crippen molar-refractivity contribution in [2.75, 3.05) is 10.6 Å². The predicted molar refractivity (Wildman–Crippen MR) is 137 cm³/mol. The molecular weight excluding hydrogens is 436 g/mol. The molecule has 2 aromatic carbocycles. The molecule has 1 amide bonds. The molecule has 3 heterocycles. The summed E-state index contributed by atoms with van der Waals surface area (Å²) in [6, 6.07) is 22.4. The Bertz CT molecular complexity index is 1520. The summed E-state index contributed by atoms with van der Waals surface area (Å²) in [7, 11) is 0. The first-order chi connectivity index (χ1) is 17.2. The van der Waals surface area contributed by atoms with Crippen LogP contribution in [0.15, 0.2) is 97.6 Å². The molecule has 0 aliphatic rings. The molecule has 168 valence electrons. The lowest BCUT2D eigenvalue weighted by atomic mass is 10.1. The molecule has 0 atom stereocenters. The third kappa shape index (κ3) is 5.13. The average molecular weight is 457 g/mol. The first kappa shape index (κ1) is 21.7. The number of nitrogens with one attached hydrogen (secondary N) is 2. The second-order valence-corrected chi connectivity index (χ2v) is 7.91. The highest BCUT2D eigenvalue weighted by Crippen LogP contribution is 2.28. The van der Waals surface area contributed by atoms with E-state index in [1.807, 2.05) is 48.5 Å². The van der Waals surface area contributed by atoms with Crippen LogP contribution in [0.1, 0.15) is 21.6 Å². The monoisotopic (exact) mass is 456 g/mol. The van der Waals surface area contributed by atoms with Gasteiger partial charge in [-0.25, -0.2) is 9.83 Å². The van der Waals surface area contributed by atoms with Crippen LogP contribution in [0.3, 0.4) is 0 Å². The van der Waals surface area contributed by atoms with E-state index in [1.165, 1.54) is 5.56 Å². The fraction of sp³-hybridized carbons (Fsp3) is 0.0357. The molecule has 3 aromatic heterocycles. The smallest absolute Gasteiger partial charge is 0.274 e. The highest BCUT2D eigenvalue weighted by molar-refractivity contribution is 6.03. The van der Waals surface area contributed by atoms with Gasteiger partial charge in [-0.2, -0.15) is 0 Å². The van der Waals surface area contributed by atoms with Crippen molar-refractivity contribution < 1.29 is 4.79 Å². The van der Waals surface area contributed by atoms with Crippen LogP contribution in [-0.2, 0) is 6.42 Å². The number of pyridine rings is 3. The van der Waals surface area contributed by atoms with E-state index >= 15 is 0 Å². The second kappa shape index (κ2) is 9.81. The predicted octanol–water partition coefficient (Wildman–Crippen LogP) is 6.16. The topological polar surface area (TPSA) is 84.2 Å². The minimum atomic E-state index is -0.283. The number of hydrogen-bond acceptors (Lipinski definition) is 5. The Hall–Kier alpha value is -5.09. The van der Waals surface area contributed by atoms with Crippen molar-refractivity contribution in [1.29, 1.82) is 0 Å². The quantitative estimate of drug-likeness (QED) is 0.299. The van der Waals surface area contributed by atoms with Crippen molar-refractivity contribution in [3.05, 3.63) is 126 Å². The van der Waals surface area contributed by atoms with Gasteiger partial charge < -0.3 is 10.6 Å². The Kier molecular flexibility index (Phi) is 6.09. The highest BCUT2D eigenvalue weighted by Gasteiger charge is 2.09. The van der Waals surface area contributed by atoms with Crippen LogP contribution in [0.4, 0.5) is 22.7 Å². The van der Waals surface area contributed by atoms with Gasteiger partial charge in [0.1, 0.15) is 5.69 Å². The number of rotatable bonds is 6. The SMILES string of the molecule is [C-]#[N+]c1ccc2nccc(Nc3ccc(C(=O)Nc4ccc(Cc5ccncc5)cc4)nc3)c2c1. The van der Waals surface area contributed by atoms with Crippen LogP contribution in [0.2, 0.25) is 0 Å². The van der Waals surface area contributed by atoms with E-state index in [4.69, 9.17) is 6.57 Å². The van der Waals surface area contributed by atoms with Crippen molar-refractivity contribution in [3.63, 3.8) is 0 Å². The summed E-state index contributed by atoms with van der Waals surface area (Å²) in [5, 5.41) is 7.03. The summed E-state index contributed by atoms with van der Waals surface area (Å²) in [4.78, 5) is 28.9. The number of amides is 1. The summed E-state index contributed by atoms with van der Waals surface area (Å²) >= 11 is 0. The number of fused-ring (bicyclic) bond motifs is 1. The zero-order valence-electron chi connectivity index (χ0n) is 18.6. The van der Waals surface area contributed by atoms with E-state index in [0.717, 1.165) is 34.3 Å². The number of carbonyl (C=O) groups excluding carboxylic acids is 1. The van der Waals surface area contributed by atoms with E-state index in [1.54, 1.807) is 49.1 Å². The molecule has 7 nitrogen and oxygen atoms in total. The van der Waals surface area contributed by atoms with Crippen molar-refractivity contribution in [2.45, 2.75) is 6.42 Å². The van der Waals surface area contributed by atoms with Gasteiger partial charge in [0.05, 0.1) is 24.0 Å². The number of benzene rings is 2. The van der Waals surface area contributed by atoms with Crippen LogP contribution >= 0.6 is 0 Å². The van der Waals surface area contributed by atoms with Crippen LogP contribution in [0.25, 0.3) is 15.7 Å². The normalized spacial score (nSPS) is 10.5. The Balaban J connectivity index is 1.25. The molecule has 5 aromatic rings. The van der Waals surface area contributed by atoms with Crippen LogP contribution in [-0.4, -0.2) is 20.9 Å². The van der Waals surface area contributed by atoms with Gasteiger partial charge in [0.2, 0.25) is 0 Å². The fourth-order valence-corrected chi connectivity index (χ4v) is 3.71. The van der Waals surface area contributed by atoms with E-state index < -0.39 is 0 Å². The Morgan fingerprint density at radius 2 is 1.60 bits per heavy atom. The van der Waals surface area contributed by atoms with Crippen molar-refractivity contribution >= 4 is 39.6 Å². The van der Waals surface area contributed by atoms with Gasteiger partial charge in [-0.15, -0.1) is 0 Å². The lowest BCUT2D eigenvalue weighted by molar-refractivity contribution is 0.102. The largest absolute Gasteiger partial charge is 0.354 e. The molecule has 0 aliphatic heterocycles. The summed E-state index contributed by atoms with van der Waals surface area (Å²) in [5.41, 5.74) is 6.22. The van der Waals surface area contributed by atoms with E-state index in [0.29, 0.717) is 17.1 Å². The lowest BCUT2D eigenvalue weighted by Gasteiger charge is -2.10. The number of nitrogens with zero attached hydrogens (tertiary/aromatic N) is 4. The van der Waals surface area contributed by atoms with E-state index in [-0.39, 0.29) is 5.91 Å². The van der Waals surface area contributed by atoms with Gasteiger partial charge in [-0.1, -0.05) is 18.2 Å². The number of aromatic nitrogens is 3. The van der Waals surface area contributed by atoms with Crippen molar-refractivity contribution in [2.24, 2.45) is 0 Å². The summed E-state index contributed by atoms with van der Waals surface area (Å²) in [6.45, 7) is 7.25. The maximum absolute atomic E-state index is 12.7. The second-order valence-electron chi connectivity index (χ2n) is 7.91. The summed E-state index contributed by atoms with van der Waals surface area (Å²) in [5.74, 6) is -0.283. The van der Waals surface area contributed by atoms with Crippen LogP contribution in [0.5, 0.6) is 0 Å². The molecule has 2 N–H and O–H groups in total. The van der Waals surface area contributed by atoms with Crippen molar-refractivity contribution in [1.82, 2.24) is 15.0 Å². The maximum atomic E-state index is 12.7. The van der Waals surface area contributed by atoms with Gasteiger partial charge in [0.25, 0.3) is 5.91 Å². The van der Waals surface area contributed by atoms with Gasteiger partial charge in [0.15, 0.2) is 5.69 Å². The van der Waals surface area contributed by atoms with Gasteiger partial charge in [-0.05, 0) is 72.1 Å². The lowest BCUT2D eigenvalue weighted by Crippen LogP contribution is -2.13. The first-order valence-corrected chi connectivity index (χ1v) is 11.0. The molecule has 0 saturated carbocycles. The Morgan fingerprint density at radius 3 is 2.34 bits per heavy atom. The third-order valence-electron chi connectivity index (χ3n) is 5.50. The zero-order chi connectivity index (χ0) is 24.0. The molecule has 0 spiro atoms.